The first-order valence-electron chi connectivity index (χ1n) is 6.54. The number of anilines is 1. The lowest BCUT2D eigenvalue weighted by atomic mass is 10.1. The van der Waals surface area contributed by atoms with Crippen LogP contribution in [0.15, 0.2) is 0 Å². The summed E-state index contributed by atoms with van der Waals surface area (Å²) in [6.07, 6.45) is 2.26. The van der Waals surface area contributed by atoms with E-state index in [0.717, 1.165) is 36.8 Å². The lowest BCUT2D eigenvalue weighted by Gasteiger charge is -2.25. The molecule has 0 radical (unpaired) electrons. The van der Waals surface area contributed by atoms with Crippen LogP contribution < -0.4 is 4.90 Å². The maximum atomic E-state index is 5.27. The normalized spacial score (nSPS) is 12.7. The van der Waals surface area contributed by atoms with Gasteiger partial charge in [-0.05, 0) is 31.5 Å². The van der Waals surface area contributed by atoms with E-state index in [4.69, 9.17) is 12.2 Å². The summed E-state index contributed by atoms with van der Waals surface area (Å²) < 4.78 is 2.82. The molecule has 1 atom stereocenters. The minimum absolute atomic E-state index is 0.676. The highest BCUT2D eigenvalue weighted by Gasteiger charge is 2.14. The highest BCUT2D eigenvalue weighted by molar-refractivity contribution is 7.71. The lowest BCUT2D eigenvalue weighted by Crippen LogP contribution is -2.30. The summed E-state index contributed by atoms with van der Waals surface area (Å²) in [5, 5.41) is 7.27. The Kier molecular flexibility index (Phi) is 5.68. The van der Waals surface area contributed by atoms with Crippen LogP contribution in [-0.2, 0) is 6.54 Å². The first-order chi connectivity index (χ1) is 8.13. The highest BCUT2D eigenvalue weighted by atomic mass is 32.1. The van der Waals surface area contributed by atoms with Gasteiger partial charge in [-0.1, -0.05) is 27.2 Å². The number of nitrogens with one attached hydrogen (secondary N) is 1. The van der Waals surface area contributed by atoms with Crippen molar-refractivity contribution in [2.75, 3.05) is 18.0 Å². The summed E-state index contributed by atoms with van der Waals surface area (Å²) in [6, 6.07) is 0. The molecule has 98 valence electrons. The van der Waals surface area contributed by atoms with Crippen LogP contribution in [0.5, 0.6) is 0 Å². The van der Waals surface area contributed by atoms with E-state index in [0.29, 0.717) is 5.92 Å². The van der Waals surface area contributed by atoms with E-state index in [1.807, 2.05) is 0 Å². The van der Waals surface area contributed by atoms with Crippen molar-refractivity contribution in [2.45, 2.75) is 47.1 Å². The van der Waals surface area contributed by atoms with Crippen LogP contribution in [0, 0.1) is 10.7 Å². The number of aromatic amines is 1. The Bertz CT molecular complexity index is 382. The van der Waals surface area contributed by atoms with Crippen molar-refractivity contribution in [2.24, 2.45) is 5.92 Å². The molecule has 1 heterocycles. The Hall–Kier alpha value is -0.840. The van der Waals surface area contributed by atoms with Crippen molar-refractivity contribution in [3.8, 4) is 0 Å². The third-order valence-corrected chi connectivity index (χ3v) is 3.39. The Balaban J connectivity index is 2.91. The van der Waals surface area contributed by atoms with E-state index in [-0.39, 0.29) is 0 Å². The summed E-state index contributed by atoms with van der Waals surface area (Å²) in [6.45, 7) is 11.8. The average molecular weight is 256 g/mol. The van der Waals surface area contributed by atoms with E-state index in [2.05, 4.69) is 47.4 Å². The van der Waals surface area contributed by atoms with Crippen LogP contribution in [0.1, 0.15) is 40.5 Å². The Morgan fingerprint density at radius 1 is 1.41 bits per heavy atom. The minimum atomic E-state index is 0.676. The van der Waals surface area contributed by atoms with Gasteiger partial charge in [-0.15, -0.1) is 5.10 Å². The monoisotopic (exact) mass is 256 g/mol. The van der Waals surface area contributed by atoms with Crippen LogP contribution in [0.2, 0.25) is 0 Å². The molecule has 0 aliphatic carbocycles. The molecule has 0 bridgehead atoms. The van der Waals surface area contributed by atoms with E-state index in [1.54, 1.807) is 0 Å². The molecule has 5 heteroatoms. The second-order valence-corrected chi connectivity index (χ2v) is 4.92. The number of hydrogen-bond acceptors (Lipinski definition) is 3. The topological polar surface area (TPSA) is 36.9 Å². The highest BCUT2D eigenvalue weighted by Crippen LogP contribution is 2.15. The van der Waals surface area contributed by atoms with Gasteiger partial charge in [-0.25, -0.2) is 5.10 Å². The SMILES string of the molecule is CCCn1c(N(CC)CC(C)CC)n[nH]c1=S. The molecule has 1 aromatic rings. The average Bonchev–Trinajstić information content (AvgIpc) is 2.68. The maximum Gasteiger partial charge on any atom is 0.225 e. The first kappa shape index (κ1) is 14.2. The van der Waals surface area contributed by atoms with Gasteiger partial charge in [0.1, 0.15) is 0 Å². The zero-order valence-electron chi connectivity index (χ0n) is 11.4. The Labute approximate surface area is 109 Å². The third kappa shape index (κ3) is 3.56. The number of aromatic nitrogens is 3. The van der Waals surface area contributed by atoms with Gasteiger partial charge in [0.2, 0.25) is 5.95 Å². The molecular formula is C12H24N4S. The molecule has 0 amide bonds. The molecule has 0 fully saturated rings. The fourth-order valence-corrected chi connectivity index (χ4v) is 2.05. The fourth-order valence-electron chi connectivity index (χ4n) is 1.83. The maximum absolute atomic E-state index is 5.27. The van der Waals surface area contributed by atoms with Crippen LogP contribution in [0.3, 0.4) is 0 Å². The van der Waals surface area contributed by atoms with Crippen molar-refractivity contribution < 1.29 is 0 Å². The molecule has 1 rings (SSSR count). The molecule has 17 heavy (non-hydrogen) atoms. The van der Waals surface area contributed by atoms with E-state index >= 15 is 0 Å². The van der Waals surface area contributed by atoms with Crippen molar-refractivity contribution in [3.63, 3.8) is 0 Å². The summed E-state index contributed by atoms with van der Waals surface area (Å²) >= 11 is 5.27. The van der Waals surface area contributed by atoms with Gasteiger partial charge in [-0.3, -0.25) is 4.57 Å². The minimum Gasteiger partial charge on any atom is -0.341 e. The zero-order chi connectivity index (χ0) is 12.8. The molecular weight excluding hydrogens is 232 g/mol. The Morgan fingerprint density at radius 2 is 2.12 bits per heavy atom. The molecule has 0 saturated heterocycles. The molecule has 1 unspecified atom stereocenters. The summed E-state index contributed by atoms with van der Waals surface area (Å²) in [4.78, 5) is 2.30. The van der Waals surface area contributed by atoms with Crippen molar-refractivity contribution >= 4 is 18.2 Å². The summed E-state index contributed by atoms with van der Waals surface area (Å²) in [5.41, 5.74) is 0. The molecule has 0 aliphatic rings. The lowest BCUT2D eigenvalue weighted by molar-refractivity contribution is 0.532. The van der Waals surface area contributed by atoms with Crippen molar-refractivity contribution in [3.05, 3.63) is 4.77 Å². The molecule has 0 aliphatic heterocycles. The first-order valence-corrected chi connectivity index (χ1v) is 6.94. The van der Waals surface area contributed by atoms with Crippen LogP contribution in [0.4, 0.5) is 5.95 Å². The fraction of sp³-hybridized carbons (Fsp3) is 0.833. The van der Waals surface area contributed by atoms with Crippen LogP contribution in [0.25, 0.3) is 0 Å². The van der Waals surface area contributed by atoms with Gasteiger partial charge in [-0.2, -0.15) is 0 Å². The molecule has 1 N–H and O–H groups in total. The van der Waals surface area contributed by atoms with E-state index in [9.17, 15) is 0 Å². The molecule has 4 nitrogen and oxygen atoms in total. The van der Waals surface area contributed by atoms with Crippen LogP contribution >= 0.6 is 12.2 Å². The molecule has 0 aromatic carbocycles. The quantitative estimate of drug-likeness (QED) is 0.761. The molecule has 0 spiro atoms. The number of hydrogen-bond donors (Lipinski definition) is 1. The zero-order valence-corrected chi connectivity index (χ0v) is 12.2. The van der Waals surface area contributed by atoms with Gasteiger partial charge in [0.15, 0.2) is 4.77 Å². The predicted molar refractivity (Wildman–Crippen MR) is 75.0 cm³/mol. The third-order valence-electron chi connectivity index (χ3n) is 3.08. The standard InChI is InChI=1S/C12H24N4S/c1-5-8-16-11(13-14-12(16)17)15(7-3)9-10(4)6-2/h10H,5-9H2,1-4H3,(H,14,17). The number of nitrogens with zero attached hydrogens (tertiary/aromatic N) is 3. The largest absolute Gasteiger partial charge is 0.341 e. The van der Waals surface area contributed by atoms with Gasteiger partial charge < -0.3 is 4.90 Å². The Morgan fingerprint density at radius 3 is 2.65 bits per heavy atom. The summed E-state index contributed by atoms with van der Waals surface area (Å²) in [7, 11) is 0. The van der Waals surface area contributed by atoms with Crippen LogP contribution in [-0.4, -0.2) is 27.9 Å². The molecule has 0 saturated carbocycles. The summed E-state index contributed by atoms with van der Waals surface area (Å²) in [5.74, 6) is 1.66. The van der Waals surface area contributed by atoms with E-state index in [1.165, 1.54) is 6.42 Å². The van der Waals surface area contributed by atoms with Gasteiger partial charge >= 0.3 is 0 Å². The number of rotatable bonds is 7. The second kappa shape index (κ2) is 6.79. The van der Waals surface area contributed by atoms with Gasteiger partial charge in [0.05, 0.1) is 0 Å². The van der Waals surface area contributed by atoms with Gasteiger partial charge in [0.25, 0.3) is 0 Å². The van der Waals surface area contributed by atoms with E-state index < -0.39 is 0 Å². The number of H-pyrrole nitrogens is 1. The second-order valence-electron chi connectivity index (χ2n) is 4.53. The van der Waals surface area contributed by atoms with Crippen molar-refractivity contribution in [1.29, 1.82) is 0 Å². The molecule has 1 aromatic heterocycles. The van der Waals surface area contributed by atoms with Gasteiger partial charge in [0, 0.05) is 19.6 Å². The van der Waals surface area contributed by atoms with Crippen molar-refractivity contribution in [1.82, 2.24) is 14.8 Å². The predicted octanol–water partition coefficient (Wildman–Crippen LogP) is 3.22. The smallest absolute Gasteiger partial charge is 0.225 e.